The number of benzene rings is 1. The summed E-state index contributed by atoms with van der Waals surface area (Å²) in [6.07, 6.45) is 10.0. The monoisotopic (exact) mass is 396 g/mol. The molecule has 1 aliphatic rings. The Balaban J connectivity index is 1.60. The van der Waals surface area contributed by atoms with Crippen LogP contribution in [0.4, 0.5) is 0 Å². The standard InChI is InChI=1S/C22H28N4OS/c1-3-16-26-20(19-12-8-5-9-13-19)24-25-22(26)28-17(2)21(27)23-15-14-18-10-6-4-7-11-18/h3,5,8-10,12-13,17H,1,4,6-7,11,14-16H2,2H3,(H,23,27)/t17-/m1/s1. The molecule has 0 radical (unpaired) electrons. The maximum atomic E-state index is 12.5. The highest BCUT2D eigenvalue weighted by molar-refractivity contribution is 8.00. The van der Waals surface area contributed by atoms with E-state index in [1.54, 1.807) is 0 Å². The van der Waals surface area contributed by atoms with E-state index in [9.17, 15) is 4.79 Å². The van der Waals surface area contributed by atoms with E-state index in [1.807, 2.05) is 47.9 Å². The van der Waals surface area contributed by atoms with Gasteiger partial charge in [0.1, 0.15) is 0 Å². The second kappa shape index (κ2) is 10.3. The van der Waals surface area contributed by atoms with Gasteiger partial charge >= 0.3 is 0 Å². The van der Waals surface area contributed by atoms with Crippen LogP contribution in [0.15, 0.2) is 59.8 Å². The maximum Gasteiger partial charge on any atom is 0.233 e. The highest BCUT2D eigenvalue weighted by Gasteiger charge is 2.20. The maximum absolute atomic E-state index is 12.5. The Labute approximate surface area is 171 Å². The van der Waals surface area contributed by atoms with Gasteiger partial charge in [-0.3, -0.25) is 9.36 Å². The number of aromatic nitrogens is 3. The van der Waals surface area contributed by atoms with Crippen molar-refractivity contribution in [3.63, 3.8) is 0 Å². The lowest BCUT2D eigenvalue weighted by atomic mass is 9.97. The summed E-state index contributed by atoms with van der Waals surface area (Å²) in [7, 11) is 0. The first-order valence-electron chi connectivity index (χ1n) is 9.91. The highest BCUT2D eigenvalue weighted by Crippen LogP contribution is 2.27. The molecule has 0 unspecified atom stereocenters. The van der Waals surface area contributed by atoms with Crippen LogP contribution in [0.5, 0.6) is 0 Å². The van der Waals surface area contributed by atoms with E-state index in [-0.39, 0.29) is 11.2 Å². The quantitative estimate of drug-likeness (QED) is 0.496. The Morgan fingerprint density at radius 3 is 2.86 bits per heavy atom. The van der Waals surface area contributed by atoms with E-state index in [2.05, 4.69) is 28.2 Å². The third kappa shape index (κ3) is 5.35. The molecule has 0 fully saturated rings. The Morgan fingerprint density at radius 1 is 1.32 bits per heavy atom. The van der Waals surface area contributed by atoms with Gasteiger partial charge < -0.3 is 5.32 Å². The van der Waals surface area contributed by atoms with E-state index in [0.717, 1.165) is 23.0 Å². The summed E-state index contributed by atoms with van der Waals surface area (Å²) in [6, 6.07) is 9.95. The molecule has 0 aliphatic heterocycles. The first-order valence-corrected chi connectivity index (χ1v) is 10.8. The summed E-state index contributed by atoms with van der Waals surface area (Å²) in [5, 5.41) is 12.2. The fourth-order valence-electron chi connectivity index (χ4n) is 3.30. The predicted octanol–water partition coefficient (Wildman–Crippen LogP) is 4.62. The largest absolute Gasteiger partial charge is 0.355 e. The molecular formula is C22H28N4OS. The molecule has 1 aromatic heterocycles. The summed E-state index contributed by atoms with van der Waals surface area (Å²) >= 11 is 1.43. The average Bonchev–Trinajstić information content (AvgIpc) is 3.12. The number of amides is 1. The normalized spacial score (nSPS) is 15.0. The summed E-state index contributed by atoms with van der Waals surface area (Å²) in [5.74, 6) is 0.829. The van der Waals surface area contributed by atoms with Crippen LogP contribution < -0.4 is 5.32 Å². The zero-order valence-corrected chi connectivity index (χ0v) is 17.3. The minimum atomic E-state index is -0.239. The van der Waals surface area contributed by atoms with Gasteiger partial charge in [-0.05, 0) is 39.0 Å². The number of hydrogen-bond acceptors (Lipinski definition) is 4. The van der Waals surface area contributed by atoms with E-state index >= 15 is 0 Å². The molecule has 6 heteroatoms. The van der Waals surface area contributed by atoms with Crippen LogP contribution in [-0.2, 0) is 11.3 Å². The molecule has 148 valence electrons. The van der Waals surface area contributed by atoms with Crippen LogP contribution in [0.25, 0.3) is 11.4 Å². The van der Waals surface area contributed by atoms with E-state index < -0.39 is 0 Å². The third-order valence-electron chi connectivity index (χ3n) is 4.84. The van der Waals surface area contributed by atoms with Crippen molar-refractivity contribution in [1.82, 2.24) is 20.1 Å². The summed E-state index contributed by atoms with van der Waals surface area (Å²) in [4.78, 5) is 12.5. The molecule has 0 saturated heterocycles. The van der Waals surface area contributed by atoms with Gasteiger partial charge in [-0.15, -0.1) is 16.8 Å². The van der Waals surface area contributed by atoms with Crippen LogP contribution in [0.1, 0.15) is 39.0 Å². The number of rotatable bonds is 9. The van der Waals surface area contributed by atoms with Crippen LogP contribution in [0, 0.1) is 0 Å². The van der Waals surface area contributed by atoms with Gasteiger partial charge in [0.05, 0.1) is 5.25 Å². The van der Waals surface area contributed by atoms with Crippen molar-refractivity contribution in [2.75, 3.05) is 6.54 Å². The second-order valence-electron chi connectivity index (χ2n) is 6.98. The van der Waals surface area contributed by atoms with Crippen LogP contribution >= 0.6 is 11.8 Å². The summed E-state index contributed by atoms with van der Waals surface area (Å²) in [6.45, 7) is 7.05. The number of thioether (sulfide) groups is 1. The van der Waals surface area contributed by atoms with Gasteiger partial charge in [-0.2, -0.15) is 0 Å². The molecule has 1 amide bonds. The zero-order chi connectivity index (χ0) is 19.8. The average molecular weight is 397 g/mol. The Bertz CT molecular complexity index is 828. The fraction of sp³-hybridized carbons (Fsp3) is 0.409. The molecule has 0 spiro atoms. The van der Waals surface area contributed by atoms with Crippen LogP contribution in [0.3, 0.4) is 0 Å². The smallest absolute Gasteiger partial charge is 0.233 e. The van der Waals surface area contributed by atoms with Crippen molar-refractivity contribution in [2.24, 2.45) is 0 Å². The molecule has 1 N–H and O–H groups in total. The lowest BCUT2D eigenvalue weighted by Crippen LogP contribution is -2.32. The molecular weight excluding hydrogens is 368 g/mol. The van der Waals surface area contributed by atoms with Crippen LogP contribution in [-0.4, -0.2) is 32.5 Å². The molecule has 0 saturated carbocycles. The topological polar surface area (TPSA) is 59.8 Å². The van der Waals surface area contributed by atoms with Crippen molar-refractivity contribution >= 4 is 17.7 Å². The SMILES string of the molecule is C=CCn1c(S[C@H](C)C(=O)NCCC2=CCCCC2)nnc1-c1ccccc1. The number of hydrogen-bond donors (Lipinski definition) is 1. The minimum absolute atomic E-state index is 0.0378. The predicted molar refractivity (Wildman–Crippen MR) is 115 cm³/mol. The first-order chi connectivity index (χ1) is 13.7. The Morgan fingerprint density at radius 2 is 2.14 bits per heavy atom. The number of carbonyl (C=O) groups excluding carboxylic acids is 1. The van der Waals surface area contributed by atoms with E-state index in [1.165, 1.54) is 43.0 Å². The van der Waals surface area contributed by atoms with Crippen molar-refractivity contribution in [3.05, 3.63) is 54.6 Å². The molecule has 28 heavy (non-hydrogen) atoms. The van der Waals surface area contributed by atoms with Crippen molar-refractivity contribution in [3.8, 4) is 11.4 Å². The molecule has 1 aliphatic carbocycles. The van der Waals surface area contributed by atoms with Gasteiger partial charge in [0.15, 0.2) is 11.0 Å². The number of nitrogens with zero attached hydrogens (tertiary/aromatic N) is 3. The molecule has 2 aromatic rings. The van der Waals surface area contributed by atoms with Gasteiger partial charge in [0, 0.05) is 18.7 Å². The lowest BCUT2D eigenvalue weighted by Gasteiger charge is -2.15. The van der Waals surface area contributed by atoms with Gasteiger partial charge in [0.25, 0.3) is 0 Å². The lowest BCUT2D eigenvalue weighted by molar-refractivity contribution is -0.120. The molecule has 1 heterocycles. The number of nitrogens with one attached hydrogen (secondary N) is 1. The van der Waals surface area contributed by atoms with Crippen molar-refractivity contribution < 1.29 is 4.79 Å². The summed E-state index contributed by atoms with van der Waals surface area (Å²) in [5.41, 5.74) is 2.48. The fourth-order valence-corrected chi connectivity index (χ4v) is 4.19. The van der Waals surface area contributed by atoms with Crippen molar-refractivity contribution in [1.29, 1.82) is 0 Å². The Kier molecular flexibility index (Phi) is 7.48. The molecule has 1 atom stereocenters. The van der Waals surface area contributed by atoms with E-state index in [0.29, 0.717) is 13.1 Å². The Hall–Kier alpha value is -2.34. The van der Waals surface area contributed by atoms with Crippen LogP contribution in [0.2, 0.25) is 0 Å². The number of carbonyl (C=O) groups is 1. The van der Waals surface area contributed by atoms with Gasteiger partial charge in [-0.1, -0.05) is 59.8 Å². The number of allylic oxidation sites excluding steroid dienone is 2. The highest BCUT2D eigenvalue weighted by atomic mass is 32.2. The first kappa shape index (κ1) is 20.4. The molecule has 0 bridgehead atoms. The summed E-state index contributed by atoms with van der Waals surface area (Å²) < 4.78 is 2.00. The third-order valence-corrected chi connectivity index (χ3v) is 5.92. The zero-order valence-electron chi connectivity index (χ0n) is 16.4. The molecule has 5 nitrogen and oxygen atoms in total. The minimum Gasteiger partial charge on any atom is -0.355 e. The molecule has 1 aromatic carbocycles. The van der Waals surface area contributed by atoms with Crippen molar-refractivity contribution in [2.45, 2.75) is 56.0 Å². The van der Waals surface area contributed by atoms with Gasteiger partial charge in [-0.25, -0.2) is 0 Å². The molecule has 3 rings (SSSR count). The second-order valence-corrected chi connectivity index (χ2v) is 8.29. The van der Waals surface area contributed by atoms with Gasteiger partial charge in [0.2, 0.25) is 5.91 Å². The van der Waals surface area contributed by atoms with E-state index in [4.69, 9.17) is 0 Å².